The maximum absolute atomic E-state index is 14.8. The summed E-state index contributed by atoms with van der Waals surface area (Å²) in [5.74, 6) is -1.20. The summed E-state index contributed by atoms with van der Waals surface area (Å²) in [7, 11) is 1.48. The van der Waals surface area contributed by atoms with Gasteiger partial charge in [-0.2, -0.15) is 0 Å². The highest BCUT2D eigenvalue weighted by molar-refractivity contribution is 14.1. The topological polar surface area (TPSA) is 94.5 Å². The standard InChI is InChI=1S/C26H24FIN4O3/c1-35-19-8-10-23(21(14-19)26(34)30-18-6-3-16(15-28)4-7-18)31-25(33)20-9-5-17(13-22(20)27)24(29)32-11-2-12-32/h3-10,13-14,29H,2,11-12,15H2,1H3,(H,30,34)(H,31,33). The van der Waals surface area contributed by atoms with E-state index in [2.05, 4.69) is 33.2 Å². The highest BCUT2D eigenvalue weighted by Crippen LogP contribution is 2.25. The average molecular weight is 586 g/mol. The van der Waals surface area contributed by atoms with Crippen LogP contribution in [0.15, 0.2) is 60.7 Å². The summed E-state index contributed by atoms with van der Waals surface area (Å²) in [6, 6.07) is 16.2. The van der Waals surface area contributed by atoms with Crippen molar-refractivity contribution in [3.8, 4) is 5.75 Å². The molecule has 0 unspecified atom stereocenters. The quantitative estimate of drug-likeness (QED) is 0.152. The minimum Gasteiger partial charge on any atom is -0.497 e. The van der Waals surface area contributed by atoms with Crippen molar-refractivity contribution in [1.29, 1.82) is 5.41 Å². The molecule has 0 aliphatic carbocycles. The lowest BCUT2D eigenvalue weighted by Crippen LogP contribution is -2.42. The van der Waals surface area contributed by atoms with Crippen LogP contribution in [-0.4, -0.2) is 42.7 Å². The van der Waals surface area contributed by atoms with Gasteiger partial charge in [-0.1, -0.05) is 40.8 Å². The van der Waals surface area contributed by atoms with Crippen LogP contribution in [-0.2, 0) is 4.43 Å². The smallest absolute Gasteiger partial charge is 0.258 e. The number of hydrogen-bond acceptors (Lipinski definition) is 4. The Labute approximate surface area is 216 Å². The number of benzene rings is 3. The van der Waals surface area contributed by atoms with E-state index in [9.17, 15) is 14.0 Å². The number of carbonyl (C=O) groups is 2. The molecular weight excluding hydrogens is 562 g/mol. The highest BCUT2D eigenvalue weighted by atomic mass is 127. The van der Waals surface area contributed by atoms with Crippen LogP contribution in [0.1, 0.15) is 38.3 Å². The second kappa shape index (κ2) is 10.9. The molecule has 2 amide bonds. The van der Waals surface area contributed by atoms with E-state index in [1.165, 1.54) is 31.4 Å². The van der Waals surface area contributed by atoms with E-state index in [0.717, 1.165) is 29.5 Å². The Kier molecular flexibility index (Phi) is 7.64. The van der Waals surface area contributed by atoms with Gasteiger partial charge in [0.15, 0.2) is 0 Å². The van der Waals surface area contributed by atoms with Crippen LogP contribution in [0.5, 0.6) is 5.75 Å². The predicted molar refractivity (Wildman–Crippen MR) is 142 cm³/mol. The fourth-order valence-corrected chi connectivity index (χ4v) is 4.09. The maximum atomic E-state index is 14.8. The van der Waals surface area contributed by atoms with Crippen LogP contribution < -0.4 is 15.4 Å². The van der Waals surface area contributed by atoms with Crippen molar-refractivity contribution >= 4 is 51.6 Å². The van der Waals surface area contributed by atoms with Gasteiger partial charge in [-0.15, -0.1) is 0 Å². The second-order valence-electron chi connectivity index (χ2n) is 8.03. The first-order valence-corrected chi connectivity index (χ1v) is 12.5. The van der Waals surface area contributed by atoms with Gasteiger partial charge in [0.05, 0.1) is 23.9 Å². The van der Waals surface area contributed by atoms with Crippen molar-refractivity contribution < 1.29 is 18.7 Å². The van der Waals surface area contributed by atoms with Crippen molar-refractivity contribution in [3.63, 3.8) is 0 Å². The van der Waals surface area contributed by atoms with Gasteiger partial charge >= 0.3 is 0 Å². The van der Waals surface area contributed by atoms with E-state index in [0.29, 0.717) is 17.0 Å². The number of anilines is 2. The Hall–Kier alpha value is -3.47. The lowest BCUT2D eigenvalue weighted by molar-refractivity contribution is 0.102. The summed E-state index contributed by atoms with van der Waals surface area (Å²) < 4.78 is 20.9. The molecule has 1 aliphatic heterocycles. The third-order valence-electron chi connectivity index (χ3n) is 5.75. The lowest BCUT2D eigenvalue weighted by atomic mass is 10.1. The summed E-state index contributed by atoms with van der Waals surface area (Å²) in [6.45, 7) is 1.54. The SMILES string of the molecule is COc1ccc(NC(=O)c2ccc(C(=N)N3CCC3)cc2F)c(C(=O)Nc2ccc(CI)cc2)c1. The molecule has 3 N–H and O–H groups in total. The fourth-order valence-electron chi connectivity index (χ4n) is 3.58. The largest absolute Gasteiger partial charge is 0.497 e. The zero-order valence-electron chi connectivity index (χ0n) is 19.0. The van der Waals surface area contributed by atoms with E-state index >= 15 is 0 Å². The van der Waals surface area contributed by atoms with Crippen LogP contribution >= 0.6 is 22.6 Å². The molecule has 180 valence electrons. The molecule has 9 heteroatoms. The minimum absolute atomic E-state index is 0.173. The molecule has 1 heterocycles. The molecule has 0 aromatic heterocycles. The molecule has 0 spiro atoms. The number of likely N-dealkylation sites (tertiary alicyclic amines) is 1. The summed E-state index contributed by atoms with van der Waals surface area (Å²) in [4.78, 5) is 27.8. The number of amidine groups is 1. The van der Waals surface area contributed by atoms with Crippen LogP contribution in [0, 0.1) is 11.2 Å². The lowest BCUT2D eigenvalue weighted by Gasteiger charge is -2.33. The first kappa shape index (κ1) is 24.6. The number of nitrogens with one attached hydrogen (secondary N) is 3. The summed E-state index contributed by atoms with van der Waals surface area (Å²) in [5.41, 5.74) is 2.36. The van der Waals surface area contributed by atoms with Crippen molar-refractivity contribution in [2.45, 2.75) is 10.8 Å². The molecule has 1 fully saturated rings. The van der Waals surface area contributed by atoms with Gasteiger partial charge < -0.3 is 20.3 Å². The predicted octanol–water partition coefficient (Wildman–Crippen LogP) is 5.30. The number of amides is 2. The molecule has 0 bridgehead atoms. The van der Waals surface area contributed by atoms with Crippen molar-refractivity contribution in [3.05, 3.63) is 88.7 Å². The first-order chi connectivity index (χ1) is 16.9. The molecule has 1 saturated heterocycles. The van der Waals surface area contributed by atoms with E-state index in [1.807, 2.05) is 17.0 Å². The van der Waals surface area contributed by atoms with Crippen molar-refractivity contribution in [1.82, 2.24) is 4.90 Å². The molecule has 4 rings (SSSR count). The van der Waals surface area contributed by atoms with Crippen molar-refractivity contribution in [2.24, 2.45) is 0 Å². The fraction of sp³-hybridized carbons (Fsp3) is 0.192. The average Bonchev–Trinajstić information content (AvgIpc) is 2.83. The van der Waals surface area contributed by atoms with Crippen LogP contribution in [0.4, 0.5) is 15.8 Å². The zero-order valence-corrected chi connectivity index (χ0v) is 21.2. The Morgan fingerprint density at radius 2 is 1.71 bits per heavy atom. The van der Waals surface area contributed by atoms with Gasteiger partial charge in [0.1, 0.15) is 17.4 Å². The molecule has 3 aromatic rings. The summed E-state index contributed by atoms with van der Waals surface area (Å²) in [6.07, 6.45) is 1.01. The van der Waals surface area contributed by atoms with Gasteiger partial charge in [0.25, 0.3) is 11.8 Å². The number of alkyl halides is 1. The molecular formula is C26H24FIN4O3. The van der Waals surface area contributed by atoms with E-state index in [4.69, 9.17) is 10.1 Å². The molecule has 0 atom stereocenters. The van der Waals surface area contributed by atoms with Gasteiger partial charge in [-0.05, 0) is 54.4 Å². The molecule has 0 saturated carbocycles. The summed E-state index contributed by atoms with van der Waals surface area (Å²) >= 11 is 2.26. The van der Waals surface area contributed by atoms with Crippen LogP contribution in [0.3, 0.4) is 0 Å². The van der Waals surface area contributed by atoms with E-state index in [-0.39, 0.29) is 22.6 Å². The normalized spacial score (nSPS) is 12.5. The number of halogens is 2. The van der Waals surface area contributed by atoms with Crippen molar-refractivity contribution in [2.75, 3.05) is 30.8 Å². The van der Waals surface area contributed by atoms with E-state index in [1.54, 1.807) is 24.3 Å². The van der Waals surface area contributed by atoms with Gasteiger partial charge in [-0.25, -0.2) is 4.39 Å². The third-order valence-corrected chi connectivity index (χ3v) is 6.63. The Balaban J connectivity index is 1.54. The van der Waals surface area contributed by atoms with E-state index < -0.39 is 17.6 Å². The molecule has 1 aliphatic rings. The Morgan fingerprint density at radius 3 is 2.31 bits per heavy atom. The number of ether oxygens (including phenoxy) is 1. The molecule has 7 nitrogen and oxygen atoms in total. The summed E-state index contributed by atoms with van der Waals surface area (Å²) in [5, 5.41) is 13.6. The molecule has 0 radical (unpaired) electrons. The van der Waals surface area contributed by atoms with Gasteiger partial charge in [0.2, 0.25) is 0 Å². The Bertz CT molecular complexity index is 1280. The van der Waals surface area contributed by atoms with Crippen LogP contribution in [0.25, 0.3) is 0 Å². The van der Waals surface area contributed by atoms with Crippen LogP contribution in [0.2, 0.25) is 0 Å². The molecule has 3 aromatic carbocycles. The highest BCUT2D eigenvalue weighted by Gasteiger charge is 2.22. The number of rotatable bonds is 7. The number of methoxy groups -OCH3 is 1. The number of hydrogen-bond donors (Lipinski definition) is 3. The number of carbonyl (C=O) groups excluding carboxylic acids is 2. The molecule has 35 heavy (non-hydrogen) atoms. The van der Waals surface area contributed by atoms with Gasteiger partial charge in [0, 0.05) is 28.8 Å². The monoisotopic (exact) mass is 586 g/mol. The minimum atomic E-state index is -0.736. The Morgan fingerprint density at radius 1 is 1.00 bits per heavy atom. The first-order valence-electron chi connectivity index (χ1n) is 11.0. The number of nitrogens with zero attached hydrogens (tertiary/aromatic N) is 1. The van der Waals surface area contributed by atoms with Gasteiger partial charge in [-0.3, -0.25) is 15.0 Å². The zero-order chi connectivity index (χ0) is 24.9. The maximum Gasteiger partial charge on any atom is 0.258 e. The third kappa shape index (κ3) is 5.61. The second-order valence-corrected chi connectivity index (χ2v) is 8.80.